The van der Waals surface area contributed by atoms with Gasteiger partial charge in [0.05, 0.1) is 7.11 Å². The summed E-state index contributed by atoms with van der Waals surface area (Å²) in [5.41, 5.74) is 7.40. The van der Waals surface area contributed by atoms with Gasteiger partial charge in [-0.15, -0.1) is 0 Å². The van der Waals surface area contributed by atoms with Gasteiger partial charge in [-0.05, 0) is 30.5 Å². The Labute approximate surface area is 113 Å². The molecule has 0 spiro atoms. The van der Waals surface area contributed by atoms with Gasteiger partial charge in [0.2, 0.25) is 0 Å². The molecule has 2 rings (SSSR count). The van der Waals surface area contributed by atoms with E-state index in [1.54, 1.807) is 18.1 Å². The summed E-state index contributed by atoms with van der Waals surface area (Å²) in [6, 6.07) is 8.21. The SMILES string of the molecule is COc1ccc(CCC(N)Cc2ncnn2C)cc1. The largest absolute Gasteiger partial charge is 0.497 e. The maximum atomic E-state index is 6.13. The average molecular weight is 260 g/mol. The number of rotatable bonds is 6. The molecule has 19 heavy (non-hydrogen) atoms. The molecule has 5 heteroatoms. The summed E-state index contributed by atoms with van der Waals surface area (Å²) in [6.07, 6.45) is 4.21. The third-order valence-corrected chi connectivity index (χ3v) is 3.21. The van der Waals surface area contributed by atoms with Crippen LogP contribution in [0.25, 0.3) is 0 Å². The first-order chi connectivity index (χ1) is 9.19. The zero-order valence-electron chi connectivity index (χ0n) is 11.4. The fourth-order valence-electron chi connectivity index (χ4n) is 1.99. The molecular weight excluding hydrogens is 240 g/mol. The summed E-state index contributed by atoms with van der Waals surface area (Å²) >= 11 is 0. The number of ether oxygens (including phenoxy) is 1. The van der Waals surface area contributed by atoms with Crippen LogP contribution in [0.4, 0.5) is 0 Å². The molecule has 2 N–H and O–H groups in total. The highest BCUT2D eigenvalue weighted by Gasteiger charge is 2.08. The molecule has 0 saturated heterocycles. The highest BCUT2D eigenvalue weighted by molar-refractivity contribution is 5.27. The van der Waals surface area contributed by atoms with Crippen molar-refractivity contribution < 1.29 is 4.74 Å². The monoisotopic (exact) mass is 260 g/mol. The highest BCUT2D eigenvalue weighted by Crippen LogP contribution is 2.13. The minimum Gasteiger partial charge on any atom is -0.497 e. The molecule has 1 atom stereocenters. The van der Waals surface area contributed by atoms with E-state index < -0.39 is 0 Å². The van der Waals surface area contributed by atoms with Crippen LogP contribution >= 0.6 is 0 Å². The number of benzene rings is 1. The van der Waals surface area contributed by atoms with Crippen LogP contribution in [-0.2, 0) is 19.9 Å². The first-order valence-electron chi connectivity index (χ1n) is 6.40. The van der Waals surface area contributed by atoms with Gasteiger partial charge in [0.25, 0.3) is 0 Å². The van der Waals surface area contributed by atoms with Crippen molar-refractivity contribution in [1.82, 2.24) is 14.8 Å². The fraction of sp³-hybridized carbons (Fsp3) is 0.429. The first kappa shape index (κ1) is 13.5. The normalized spacial score (nSPS) is 12.4. The van der Waals surface area contributed by atoms with Crippen molar-refractivity contribution >= 4 is 0 Å². The van der Waals surface area contributed by atoms with E-state index in [1.165, 1.54) is 5.56 Å². The molecule has 0 fully saturated rings. The Morgan fingerprint density at radius 3 is 2.63 bits per heavy atom. The maximum Gasteiger partial charge on any atom is 0.138 e. The van der Waals surface area contributed by atoms with E-state index in [1.807, 2.05) is 19.2 Å². The van der Waals surface area contributed by atoms with Crippen molar-refractivity contribution in [2.24, 2.45) is 12.8 Å². The number of methoxy groups -OCH3 is 1. The van der Waals surface area contributed by atoms with Crippen LogP contribution in [0.15, 0.2) is 30.6 Å². The van der Waals surface area contributed by atoms with Gasteiger partial charge in [-0.25, -0.2) is 4.98 Å². The lowest BCUT2D eigenvalue weighted by Crippen LogP contribution is -2.25. The Bertz CT molecular complexity index is 506. The van der Waals surface area contributed by atoms with E-state index >= 15 is 0 Å². The molecule has 2 aromatic rings. The minimum atomic E-state index is 0.102. The Balaban J connectivity index is 1.82. The third kappa shape index (κ3) is 3.79. The lowest BCUT2D eigenvalue weighted by molar-refractivity contribution is 0.414. The summed E-state index contributed by atoms with van der Waals surface area (Å²) in [5.74, 6) is 1.81. The van der Waals surface area contributed by atoms with Crippen LogP contribution in [0.1, 0.15) is 17.8 Å². The van der Waals surface area contributed by atoms with E-state index in [-0.39, 0.29) is 6.04 Å². The second kappa shape index (κ2) is 6.33. The van der Waals surface area contributed by atoms with Crippen molar-refractivity contribution in [3.63, 3.8) is 0 Å². The van der Waals surface area contributed by atoms with Gasteiger partial charge < -0.3 is 10.5 Å². The van der Waals surface area contributed by atoms with Crippen LogP contribution < -0.4 is 10.5 Å². The second-order valence-electron chi connectivity index (χ2n) is 4.65. The number of nitrogens with two attached hydrogens (primary N) is 1. The molecule has 1 aromatic carbocycles. The molecule has 0 amide bonds. The zero-order valence-corrected chi connectivity index (χ0v) is 11.4. The number of aromatic nitrogens is 3. The Hall–Kier alpha value is -1.88. The molecule has 0 bridgehead atoms. The van der Waals surface area contributed by atoms with Gasteiger partial charge >= 0.3 is 0 Å². The smallest absolute Gasteiger partial charge is 0.138 e. The molecule has 5 nitrogen and oxygen atoms in total. The summed E-state index contributed by atoms with van der Waals surface area (Å²) in [4.78, 5) is 4.19. The lowest BCUT2D eigenvalue weighted by atomic mass is 10.0. The standard InChI is InChI=1S/C14H20N4O/c1-18-14(16-10-17-18)9-12(15)6-3-11-4-7-13(19-2)8-5-11/h4-5,7-8,10,12H,3,6,9,15H2,1-2H3. The molecule has 0 aliphatic heterocycles. The van der Waals surface area contributed by atoms with Gasteiger partial charge in [-0.3, -0.25) is 4.68 Å². The predicted octanol–water partition coefficient (Wildman–Crippen LogP) is 1.33. The van der Waals surface area contributed by atoms with E-state index in [9.17, 15) is 0 Å². The van der Waals surface area contributed by atoms with E-state index in [0.717, 1.165) is 30.8 Å². The van der Waals surface area contributed by atoms with Crippen LogP contribution in [-0.4, -0.2) is 27.9 Å². The Morgan fingerprint density at radius 1 is 1.32 bits per heavy atom. The van der Waals surface area contributed by atoms with Crippen molar-refractivity contribution in [3.05, 3.63) is 42.0 Å². The van der Waals surface area contributed by atoms with Crippen LogP contribution in [0.2, 0.25) is 0 Å². The van der Waals surface area contributed by atoms with Crippen molar-refractivity contribution in [3.8, 4) is 5.75 Å². The van der Waals surface area contributed by atoms with Crippen LogP contribution in [0.5, 0.6) is 5.75 Å². The van der Waals surface area contributed by atoms with Crippen LogP contribution in [0, 0.1) is 0 Å². The van der Waals surface area contributed by atoms with Gasteiger partial charge in [-0.1, -0.05) is 12.1 Å². The summed E-state index contributed by atoms with van der Waals surface area (Å²) in [6.45, 7) is 0. The molecule has 0 radical (unpaired) electrons. The number of hydrogen-bond donors (Lipinski definition) is 1. The van der Waals surface area contributed by atoms with Crippen molar-refractivity contribution in [2.45, 2.75) is 25.3 Å². The van der Waals surface area contributed by atoms with E-state index in [2.05, 4.69) is 22.2 Å². The average Bonchev–Trinajstić information content (AvgIpc) is 2.82. The predicted molar refractivity (Wildman–Crippen MR) is 74.0 cm³/mol. The lowest BCUT2D eigenvalue weighted by Gasteiger charge is -2.11. The van der Waals surface area contributed by atoms with Crippen LogP contribution in [0.3, 0.4) is 0 Å². The molecule has 1 unspecified atom stereocenters. The second-order valence-corrected chi connectivity index (χ2v) is 4.65. The molecule has 0 saturated carbocycles. The van der Waals surface area contributed by atoms with Gasteiger partial charge in [-0.2, -0.15) is 5.10 Å². The summed E-state index contributed by atoms with van der Waals surface area (Å²) in [5, 5.41) is 4.04. The molecular formula is C14H20N4O. The Morgan fingerprint density at radius 2 is 2.05 bits per heavy atom. The molecule has 0 aliphatic rings. The zero-order chi connectivity index (χ0) is 13.7. The highest BCUT2D eigenvalue weighted by atomic mass is 16.5. The van der Waals surface area contributed by atoms with Gasteiger partial charge in [0, 0.05) is 19.5 Å². The fourth-order valence-corrected chi connectivity index (χ4v) is 1.99. The summed E-state index contributed by atoms with van der Waals surface area (Å²) < 4.78 is 6.91. The van der Waals surface area contributed by atoms with Crippen molar-refractivity contribution in [2.75, 3.05) is 7.11 Å². The topological polar surface area (TPSA) is 66.0 Å². The van der Waals surface area contributed by atoms with Gasteiger partial charge in [0.1, 0.15) is 17.9 Å². The van der Waals surface area contributed by atoms with Gasteiger partial charge in [0.15, 0.2) is 0 Å². The molecule has 0 aliphatic carbocycles. The molecule has 1 aromatic heterocycles. The third-order valence-electron chi connectivity index (χ3n) is 3.21. The maximum absolute atomic E-state index is 6.13. The number of aryl methyl sites for hydroxylation is 2. The van der Waals surface area contributed by atoms with E-state index in [0.29, 0.717) is 0 Å². The quantitative estimate of drug-likeness (QED) is 0.851. The van der Waals surface area contributed by atoms with Crippen molar-refractivity contribution in [1.29, 1.82) is 0 Å². The first-order valence-corrected chi connectivity index (χ1v) is 6.40. The molecule has 102 valence electrons. The Kier molecular flexibility index (Phi) is 4.52. The van der Waals surface area contributed by atoms with E-state index in [4.69, 9.17) is 10.5 Å². The minimum absolute atomic E-state index is 0.102. The molecule has 1 heterocycles. The number of nitrogens with zero attached hydrogens (tertiary/aromatic N) is 3. The number of hydrogen-bond acceptors (Lipinski definition) is 4. The summed E-state index contributed by atoms with van der Waals surface area (Å²) in [7, 11) is 3.56.